The van der Waals surface area contributed by atoms with Gasteiger partial charge in [0.25, 0.3) is 0 Å². The molecule has 0 saturated carbocycles. The van der Waals surface area contributed by atoms with E-state index >= 15 is 0 Å². The van der Waals surface area contributed by atoms with Gasteiger partial charge in [-0.1, -0.05) is 0 Å². The quantitative estimate of drug-likeness (QED) is 0.750. The van der Waals surface area contributed by atoms with E-state index in [1.54, 1.807) is 13.0 Å². The number of aromatic nitrogens is 4. The fourth-order valence-electron chi connectivity index (χ4n) is 1.80. The maximum atomic E-state index is 11.4. The normalized spacial score (nSPS) is 12.9. The Bertz CT molecular complexity index is 584. The summed E-state index contributed by atoms with van der Waals surface area (Å²) >= 11 is 0. The first-order valence-corrected chi connectivity index (χ1v) is 5.40. The Morgan fingerprint density at radius 2 is 2.35 bits per heavy atom. The zero-order valence-electron chi connectivity index (χ0n) is 10.1. The Morgan fingerprint density at radius 3 is 3.00 bits per heavy atom. The van der Waals surface area contributed by atoms with Crippen molar-refractivity contribution in [2.75, 3.05) is 18.5 Å². The van der Waals surface area contributed by atoms with Crippen LogP contribution in [0, 0.1) is 6.92 Å². The maximum absolute atomic E-state index is 11.4. The molecule has 92 valence electrons. The summed E-state index contributed by atoms with van der Waals surface area (Å²) in [6.07, 6.45) is 0. The van der Waals surface area contributed by atoms with Crippen LogP contribution in [0.2, 0.25) is 0 Å². The molecular weight excluding hydrogens is 220 g/mol. The van der Waals surface area contributed by atoms with E-state index in [0.717, 1.165) is 5.82 Å². The third-order valence-electron chi connectivity index (χ3n) is 2.51. The van der Waals surface area contributed by atoms with Gasteiger partial charge in [-0.15, -0.1) is 0 Å². The molecule has 1 atom stereocenters. The monoisotopic (exact) mass is 236 g/mol. The van der Waals surface area contributed by atoms with Gasteiger partial charge in [-0.3, -0.25) is 0 Å². The lowest BCUT2D eigenvalue weighted by atomic mass is 10.3. The van der Waals surface area contributed by atoms with Crippen LogP contribution in [0.15, 0.2) is 10.9 Å². The van der Waals surface area contributed by atoms with Crippen molar-refractivity contribution in [1.29, 1.82) is 0 Å². The van der Waals surface area contributed by atoms with E-state index in [9.17, 15) is 4.79 Å². The topological polar surface area (TPSA) is 92.3 Å². The molecule has 0 fully saturated rings. The summed E-state index contributed by atoms with van der Waals surface area (Å²) in [4.78, 5) is 17.7. The smallest absolute Gasteiger partial charge is 0.349 e. The highest BCUT2D eigenvalue weighted by atomic mass is 16.1. The van der Waals surface area contributed by atoms with Crippen LogP contribution >= 0.6 is 0 Å². The molecule has 17 heavy (non-hydrogen) atoms. The third kappa shape index (κ3) is 2.14. The number of hydrogen-bond donors (Lipinski definition) is 2. The minimum Gasteiger partial charge on any atom is -0.358 e. The van der Waals surface area contributed by atoms with Gasteiger partial charge in [0.15, 0.2) is 5.65 Å². The summed E-state index contributed by atoms with van der Waals surface area (Å²) < 4.78 is 1.43. The number of nitrogens with two attached hydrogens (primary N) is 1. The molecule has 0 aliphatic rings. The molecule has 7 heteroatoms. The van der Waals surface area contributed by atoms with Crippen LogP contribution in [-0.4, -0.2) is 39.2 Å². The number of fused-ring (bicyclic) bond motifs is 1. The summed E-state index contributed by atoms with van der Waals surface area (Å²) in [5, 5.41) is 6.33. The second-order valence-electron chi connectivity index (χ2n) is 4.24. The lowest BCUT2D eigenvalue weighted by molar-refractivity contribution is 0.709. The second-order valence-corrected chi connectivity index (χ2v) is 4.24. The van der Waals surface area contributed by atoms with Gasteiger partial charge in [0.1, 0.15) is 11.6 Å². The summed E-state index contributed by atoms with van der Waals surface area (Å²) in [5.41, 5.74) is 6.03. The standard InChI is InChI=1S/C10H16N6O/c1-6(11)5-15(3)8-4-9-13-14-10(17)16(9)7(2)12-8/h4,6H,5,11H2,1-3H3,(H,14,17). The van der Waals surface area contributed by atoms with E-state index in [4.69, 9.17) is 5.73 Å². The first-order chi connectivity index (χ1) is 7.99. The molecule has 0 aliphatic heterocycles. The number of H-pyrrole nitrogens is 1. The average Bonchev–Trinajstić information content (AvgIpc) is 2.59. The summed E-state index contributed by atoms with van der Waals surface area (Å²) in [7, 11) is 1.91. The van der Waals surface area contributed by atoms with Gasteiger partial charge < -0.3 is 10.6 Å². The lowest BCUT2D eigenvalue weighted by Crippen LogP contribution is -2.33. The molecule has 2 aromatic rings. The van der Waals surface area contributed by atoms with Crippen molar-refractivity contribution in [3.63, 3.8) is 0 Å². The van der Waals surface area contributed by atoms with Gasteiger partial charge >= 0.3 is 5.69 Å². The Labute approximate surface area is 98.3 Å². The van der Waals surface area contributed by atoms with E-state index in [1.165, 1.54) is 4.40 Å². The van der Waals surface area contributed by atoms with Crippen molar-refractivity contribution in [2.24, 2.45) is 5.73 Å². The van der Waals surface area contributed by atoms with Crippen LogP contribution in [0.5, 0.6) is 0 Å². The van der Waals surface area contributed by atoms with Crippen molar-refractivity contribution in [3.05, 3.63) is 22.4 Å². The van der Waals surface area contributed by atoms with E-state index in [-0.39, 0.29) is 11.7 Å². The van der Waals surface area contributed by atoms with Crippen LogP contribution in [0.3, 0.4) is 0 Å². The van der Waals surface area contributed by atoms with Crippen molar-refractivity contribution in [2.45, 2.75) is 19.9 Å². The van der Waals surface area contributed by atoms with Crippen LogP contribution in [0.1, 0.15) is 12.7 Å². The number of nitrogens with one attached hydrogen (secondary N) is 1. The molecule has 1 unspecified atom stereocenters. The zero-order valence-corrected chi connectivity index (χ0v) is 10.1. The summed E-state index contributed by atoms with van der Waals surface area (Å²) in [6, 6.07) is 1.81. The van der Waals surface area contributed by atoms with Gasteiger partial charge in [0, 0.05) is 25.7 Å². The number of anilines is 1. The predicted octanol–water partition coefficient (Wildman–Crippen LogP) is -0.491. The molecule has 2 aromatic heterocycles. The van der Waals surface area contributed by atoms with Crippen LogP contribution < -0.4 is 16.3 Å². The largest absolute Gasteiger partial charge is 0.358 e. The van der Waals surface area contributed by atoms with Gasteiger partial charge in [0.05, 0.1) is 0 Å². The minimum absolute atomic E-state index is 0.0553. The molecule has 0 radical (unpaired) electrons. The molecule has 2 heterocycles. The van der Waals surface area contributed by atoms with Gasteiger partial charge in [-0.2, -0.15) is 5.10 Å². The van der Waals surface area contributed by atoms with E-state index in [2.05, 4.69) is 15.2 Å². The fourth-order valence-corrected chi connectivity index (χ4v) is 1.80. The first-order valence-electron chi connectivity index (χ1n) is 5.40. The molecule has 0 amide bonds. The Kier molecular flexibility index (Phi) is 2.84. The lowest BCUT2D eigenvalue weighted by Gasteiger charge is -2.20. The molecule has 2 rings (SSSR count). The fraction of sp³-hybridized carbons (Fsp3) is 0.500. The molecule has 0 saturated heterocycles. The van der Waals surface area contributed by atoms with Crippen molar-refractivity contribution >= 4 is 11.5 Å². The number of likely N-dealkylation sites (N-methyl/N-ethyl adjacent to an activating group) is 1. The van der Waals surface area contributed by atoms with Gasteiger partial charge in [0.2, 0.25) is 0 Å². The highest BCUT2D eigenvalue weighted by Crippen LogP contribution is 2.12. The number of nitrogens with zero attached hydrogens (tertiary/aromatic N) is 4. The SMILES string of the molecule is Cc1nc(N(C)CC(C)N)cc2n[nH]c(=O)n12. The van der Waals surface area contributed by atoms with Crippen LogP contribution in [-0.2, 0) is 0 Å². The van der Waals surface area contributed by atoms with Gasteiger partial charge in [-0.05, 0) is 13.8 Å². The van der Waals surface area contributed by atoms with Crippen molar-refractivity contribution in [1.82, 2.24) is 19.6 Å². The molecule has 0 aromatic carbocycles. The molecule has 0 aliphatic carbocycles. The molecule has 3 N–H and O–H groups in total. The number of aromatic amines is 1. The molecule has 0 spiro atoms. The average molecular weight is 236 g/mol. The van der Waals surface area contributed by atoms with E-state index < -0.39 is 0 Å². The van der Waals surface area contributed by atoms with Crippen molar-refractivity contribution in [3.8, 4) is 0 Å². The first kappa shape index (κ1) is 11.6. The Balaban J connectivity index is 2.47. The molecular formula is C10H16N6O. The second kappa shape index (κ2) is 4.17. The third-order valence-corrected chi connectivity index (χ3v) is 2.51. The summed E-state index contributed by atoms with van der Waals surface area (Å²) in [6.45, 7) is 4.39. The number of aryl methyl sites for hydroxylation is 1. The van der Waals surface area contributed by atoms with E-state index in [0.29, 0.717) is 18.0 Å². The maximum Gasteiger partial charge on any atom is 0.349 e. The molecule has 7 nitrogen and oxygen atoms in total. The minimum atomic E-state index is -0.272. The highest BCUT2D eigenvalue weighted by Gasteiger charge is 2.10. The highest BCUT2D eigenvalue weighted by molar-refractivity contribution is 5.51. The van der Waals surface area contributed by atoms with Crippen LogP contribution in [0.25, 0.3) is 5.65 Å². The zero-order chi connectivity index (χ0) is 12.6. The Morgan fingerprint density at radius 1 is 1.65 bits per heavy atom. The van der Waals surface area contributed by atoms with E-state index in [1.807, 2.05) is 18.9 Å². The number of rotatable bonds is 3. The Hall–Kier alpha value is -1.89. The van der Waals surface area contributed by atoms with Crippen LogP contribution in [0.4, 0.5) is 5.82 Å². The number of hydrogen-bond acceptors (Lipinski definition) is 5. The van der Waals surface area contributed by atoms with Gasteiger partial charge in [-0.25, -0.2) is 19.3 Å². The molecule has 0 bridgehead atoms. The predicted molar refractivity (Wildman–Crippen MR) is 65.3 cm³/mol. The van der Waals surface area contributed by atoms with Crippen molar-refractivity contribution < 1.29 is 0 Å². The summed E-state index contributed by atoms with van der Waals surface area (Å²) in [5.74, 6) is 1.36.